The van der Waals surface area contributed by atoms with Crippen molar-refractivity contribution in [3.8, 4) is 0 Å². The van der Waals surface area contributed by atoms with Gasteiger partial charge in [0.25, 0.3) is 5.91 Å². The average Bonchev–Trinajstić information content (AvgIpc) is 3.19. The number of aromatic nitrogens is 2. The van der Waals surface area contributed by atoms with Crippen molar-refractivity contribution in [3.05, 3.63) is 53.6 Å². The number of alkyl halides is 4. The minimum Gasteiger partial charge on any atom is -0.449 e. The highest BCUT2D eigenvalue weighted by Crippen LogP contribution is 2.33. The summed E-state index contributed by atoms with van der Waals surface area (Å²) in [4.78, 5) is 31.0. The third-order valence-electron chi connectivity index (χ3n) is 6.52. The Morgan fingerprint density at radius 3 is 2.62 bits per heavy atom. The Morgan fingerprint density at radius 2 is 1.89 bits per heavy atom. The normalized spacial score (nSPS) is 18.1. The monoisotopic (exact) mass is 520 g/mol. The van der Waals surface area contributed by atoms with E-state index in [1.165, 1.54) is 15.5 Å². The van der Waals surface area contributed by atoms with Gasteiger partial charge in [-0.1, -0.05) is 6.07 Å². The zero-order chi connectivity index (χ0) is 26.2. The number of rotatable bonds is 5. The van der Waals surface area contributed by atoms with Gasteiger partial charge in [-0.25, -0.2) is 14.2 Å². The number of cyclic esters (lactones) is 1. The molecule has 8 nitrogen and oxygen atoms in total. The molecule has 1 N–H and O–H groups in total. The van der Waals surface area contributed by atoms with Gasteiger partial charge in [-0.15, -0.1) is 0 Å². The van der Waals surface area contributed by atoms with Crippen molar-refractivity contribution in [1.29, 1.82) is 0 Å². The van der Waals surface area contributed by atoms with E-state index in [2.05, 4.69) is 10.3 Å². The van der Waals surface area contributed by atoms with Gasteiger partial charge in [-0.3, -0.25) is 15.0 Å². The number of carbonyl (C=O) groups is 2. The van der Waals surface area contributed by atoms with Crippen LogP contribution < -0.4 is 10.2 Å². The van der Waals surface area contributed by atoms with Crippen molar-refractivity contribution >= 4 is 34.7 Å². The highest BCUT2D eigenvalue weighted by molar-refractivity contribution is 6.04. The Kier molecular flexibility index (Phi) is 6.52. The van der Waals surface area contributed by atoms with Gasteiger partial charge in [-0.2, -0.15) is 13.2 Å². The molecule has 0 unspecified atom stereocenters. The smallest absolute Gasteiger partial charge is 0.416 e. The first-order valence-corrected chi connectivity index (χ1v) is 11.8. The van der Waals surface area contributed by atoms with Gasteiger partial charge < -0.3 is 14.0 Å². The lowest BCUT2D eigenvalue weighted by molar-refractivity contribution is -0.137. The summed E-state index contributed by atoms with van der Waals surface area (Å²) in [6, 6.07) is 9.00. The van der Waals surface area contributed by atoms with Crippen LogP contribution in [0.25, 0.3) is 11.0 Å². The van der Waals surface area contributed by atoms with Gasteiger partial charge in [0.05, 0.1) is 29.7 Å². The Balaban J connectivity index is 1.51. The summed E-state index contributed by atoms with van der Waals surface area (Å²) in [6.45, 7) is 1.14. The van der Waals surface area contributed by atoms with Crippen LogP contribution in [0.4, 0.5) is 34.0 Å². The molecule has 2 fully saturated rings. The van der Waals surface area contributed by atoms with Gasteiger partial charge in [0.1, 0.15) is 5.67 Å². The van der Waals surface area contributed by atoms with Gasteiger partial charge in [0.2, 0.25) is 5.95 Å². The van der Waals surface area contributed by atoms with Gasteiger partial charge in [0, 0.05) is 43.9 Å². The number of halogens is 4. The number of ether oxygens (including phenoxy) is 2. The van der Waals surface area contributed by atoms with Gasteiger partial charge in [-0.05, 0) is 42.8 Å². The molecule has 196 valence electrons. The van der Waals surface area contributed by atoms with Crippen LogP contribution in [-0.2, 0) is 22.2 Å². The van der Waals surface area contributed by atoms with Crippen LogP contribution in [-0.4, -0.2) is 53.6 Å². The SMILES string of the molecule is O=C(Nc1nc2cc(N3CCCOC3=O)ccc2n1CC1(F)CCOCC1)c1cccc(C(F)(F)F)c1. The van der Waals surface area contributed by atoms with E-state index in [1.54, 1.807) is 18.2 Å². The highest BCUT2D eigenvalue weighted by atomic mass is 19.4. The van der Waals surface area contributed by atoms with Crippen molar-refractivity contribution < 1.29 is 36.6 Å². The standard InChI is InChI=1S/C25H24F4N4O4/c26-24(7-11-36-12-8-24)15-33-20-6-5-18(32-9-2-10-37-23(32)35)14-19(20)30-22(33)31-21(34)16-3-1-4-17(13-16)25(27,28)29/h1,3-6,13-14H,2,7-12,15H2,(H,30,31,34). The minimum absolute atomic E-state index is 0.0145. The molecular weight excluding hydrogens is 496 g/mol. The Bertz CT molecular complexity index is 1330. The molecule has 0 saturated carbocycles. The predicted octanol–water partition coefficient (Wildman–Crippen LogP) is 5.17. The molecule has 1 aromatic heterocycles. The summed E-state index contributed by atoms with van der Waals surface area (Å²) in [5, 5.41) is 2.55. The van der Waals surface area contributed by atoms with E-state index in [9.17, 15) is 22.8 Å². The number of amides is 2. The molecule has 2 aromatic carbocycles. The zero-order valence-corrected chi connectivity index (χ0v) is 19.7. The molecule has 0 aliphatic carbocycles. The molecule has 0 bridgehead atoms. The maximum Gasteiger partial charge on any atom is 0.416 e. The summed E-state index contributed by atoms with van der Waals surface area (Å²) in [5.41, 5.74) is -1.40. The van der Waals surface area contributed by atoms with Crippen molar-refractivity contribution in [2.24, 2.45) is 0 Å². The molecule has 3 aromatic rings. The molecule has 5 rings (SSSR count). The van der Waals surface area contributed by atoms with Crippen LogP contribution in [0.3, 0.4) is 0 Å². The minimum atomic E-state index is -4.61. The molecule has 0 radical (unpaired) electrons. The molecular formula is C25H24F4N4O4. The molecule has 37 heavy (non-hydrogen) atoms. The number of fused-ring (bicyclic) bond motifs is 1. The second kappa shape index (κ2) is 9.66. The lowest BCUT2D eigenvalue weighted by atomic mass is 9.96. The Morgan fingerprint density at radius 1 is 1.11 bits per heavy atom. The van der Waals surface area contributed by atoms with E-state index in [0.29, 0.717) is 36.3 Å². The molecule has 3 heterocycles. The zero-order valence-electron chi connectivity index (χ0n) is 19.7. The Hall–Kier alpha value is -3.67. The average molecular weight is 520 g/mol. The highest BCUT2D eigenvalue weighted by Gasteiger charge is 2.35. The Labute approximate surface area is 209 Å². The number of imidazole rings is 1. The quantitative estimate of drug-likeness (QED) is 0.469. The fourth-order valence-electron chi connectivity index (χ4n) is 4.52. The summed E-state index contributed by atoms with van der Waals surface area (Å²) >= 11 is 0. The maximum atomic E-state index is 15.7. The predicted molar refractivity (Wildman–Crippen MR) is 126 cm³/mol. The van der Waals surface area contributed by atoms with Crippen LogP contribution in [0.5, 0.6) is 0 Å². The van der Waals surface area contributed by atoms with E-state index >= 15 is 4.39 Å². The first kappa shape index (κ1) is 25.0. The fourth-order valence-corrected chi connectivity index (χ4v) is 4.52. The van der Waals surface area contributed by atoms with Crippen molar-refractivity contribution in [3.63, 3.8) is 0 Å². The lowest BCUT2D eigenvalue weighted by Gasteiger charge is -2.30. The molecule has 2 aliphatic heterocycles. The van der Waals surface area contributed by atoms with Crippen LogP contribution in [0, 0.1) is 0 Å². The molecule has 2 amide bonds. The topological polar surface area (TPSA) is 85.7 Å². The largest absolute Gasteiger partial charge is 0.449 e. The number of nitrogens with one attached hydrogen (secondary N) is 1. The van der Waals surface area contributed by atoms with Crippen LogP contribution >= 0.6 is 0 Å². The van der Waals surface area contributed by atoms with E-state index in [-0.39, 0.29) is 44.1 Å². The van der Waals surface area contributed by atoms with E-state index < -0.39 is 29.4 Å². The number of hydrogen-bond donors (Lipinski definition) is 1. The molecule has 2 saturated heterocycles. The number of carbonyl (C=O) groups excluding carboxylic acids is 2. The third kappa shape index (κ3) is 5.24. The van der Waals surface area contributed by atoms with Crippen molar-refractivity contribution in [2.45, 2.75) is 37.7 Å². The second-order valence-electron chi connectivity index (χ2n) is 9.11. The van der Waals surface area contributed by atoms with Gasteiger partial charge in [0.15, 0.2) is 0 Å². The third-order valence-corrected chi connectivity index (χ3v) is 6.52. The van der Waals surface area contributed by atoms with Crippen LogP contribution in [0.15, 0.2) is 42.5 Å². The number of benzene rings is 2. The summed E-state index contributed by atoms with van der Waals surface area (Å²) in [5.74, 6) is -0.832. The number of nitrogens with zero attached hydrogens (tertiary/aromatic N) is 3. The van der Waals surface area contributed by atoms with Crippen LogP contribution in [0.2, 0.25) is 0 Å². The first-order chi connectivity index (χ1) is 17.6. The molecule has 0 spiro atoms. The van der Waals surface area contributed by atoms with Gasteiger partial charge >= 0.3 is 12.3 Å². The molecule has 0 atom stereocenters. The number of hydrogen-bond acceptors (Lipinski definition) is 5. The fraction of sp³-hybridized carbons (Fsp3) is 0.400. The first-order valence-electron chi connectivity index (χ1n) is 11.8. The van der Waals surface area contributed by atoms with Crippen molar-refractivity contribution in [1.82, 2.24) is 9.55 Å². The lowest BCUT2D eigenvalue weighted by Crippen LogP contribution is -2.37. The molecule has 12 heteroatoms. The maximum absolute atomic E-state index is 15.7. The number of anilines is 2. The summed E-state index contributed by atoms with van der Waals surface area (Å²) in [7, 11) is 0. The molecule has 2 aliphatic rings. The summed E-state index contributed by atoms with van der Waals surface area (Å²) < 4.78 is 67.0. The van der Waals surface area contributed by atoms with E-state index in [4.69, 9.17) is 9.47 Å². The van der Waals surface area contributed by atoms with Crippen LogP contribution in [0.1, 0.15) is 35.2 Å². The summed E-state index contributed by atoms with van der Waals surface area (Å²) in [6.07, 6.45) is -4.16. The van der Waals surface area contributed by atoms with E-state index in [0.717, 1.165) is 18.2 Å². The van der Waals surface area contributed by atoms with E-state index in [1.807, 2.05) is 0 Å². The second-order valence-corrected chi connectivity index (χ2v) is 9.11. The van der Waals surface area contributed by atoms with Crippen molar-refractivity contribution in [2.75, 3.05) is 36.6 Å².